The lowest BCUT2D eigenvalue weighted by Gasteiger charge is -2.39. The summed E-state index contributed by atoms with van der Waals surface area (Å²) in [5.74, 6) is 0.575. The molecule has 0 radical (unpaired) electrons. The molecule has 1 aromatic rings. The third kappa shape index (κ3) is 3.62. The summed E-state index contributed by atoms with van der Waals surface area (Å²) in [6, 6.07) is 9.21. The van der Waals surface area contributed by atoms with Gasteiger partial charge >= 0.3 is 0 Å². The molecule has 0 amide bonds. The van der Waals surface area contributed by atoms with Gasteiger partial charge in [-0.1, -0.05) is 52.0 Å². The van der Waals surface area contributed by atoms with Crippen molar-refractivity contribution in [2.24, 2.45) is 0 Å². The normalized spacial score (nSPS) is 13.8. The van der Waals surface area contributed by atoms with E-state index in [1.165, 1.54) is 11.1 Å². The summed E-state index contributed by atoms with van der Waals surface area (Å²) >= 11 is 0. The van der Waals surface area contributed by atoms with Crippen molar-refractivity contribution in [1.29, 1.82) is 0 Å². The second-order valence-corrected chi connectivity index (χ2v) is 5.75. The van der Waals surface area contributed by atoms with Gasteiger partial charge in [-0.05, 0) is 43.9 Å². The van der Waals surface area contributed by atoms with Crippen molar-refractivity contribution in [3.8, 4) is 0 Å². The Bertz CT molecular complexity index is 379. The summed E-state index contributed by atoms with van der Waals surface area (Å²) in [4.78, 5) is 0. The maximum atomic E-state index is 6.15. The highest BCUT2D eigenvalue weighted by Gasteiger charge is 2.36. The molecule has 1 unspecified atom stereocenters. The predicted octanol–water partition coefficient (Wildman–Crippen LogP) is 4.67. The number of ether oxygens (including phenoxy) is 1. The summed E-state index contributed by atoms with van der Waals surface area (Å²) in [6.07, 6.45) is 2.02. The summed E-state index contributed by atoms with van der Waals surface area (Å²) in [6.45, 7) is 11.7. The van der Waals surface area contributed by atoms with Gasteiger partial charge in [0, 0.05) is 6.61 Å². The molecule has 2 heteroatoms. The van der Waals surface area contributed by atoms with Gasteiger partial charge < -0.3 is 10.1 Å². The van der Waals surface area contributed by atoms with E-state index in [-0.39, 0.29) is 11.6 Å². The van der Waals surface area contributed by atoms with Crippen LogP contribution >= 0.6 is 0 Å². The molecule has 1 atom stereocenters. The molecule has 0 saturated carbocycles. The lowest BCUT2D eigenvalue weighted by Crippen LogP contribution is -2.44. The fourth-order valence-corrected chi connectivity index (χ4v) is 3.04. The first-order valence-corrected chi connectivity index (χ1v) is 7.95. The van der Waals surface area contributed by atoms with Crippen molar-refractivity contribution in [1.82, 2.24) is 5.32 Å². The van der Waals surface area contributed by atoms with E-state index in [1.807, 2.05) is 7.05 Å². The van der Waals surface area contributed by atoms with Gasteiger partial charge in [-0.3, -0.25) is 0 Å². The van der Waals surface area contributed by atoms with Crippen molar-refractivity contribution in [3.05, 3.63) is 35.4 Å². The van der Waals surface area contributed by atoms with Crippen LogP contribution in [-0.4, -0.2) is 19.3 Å². The van der Waals surface area contributed by atoms with Crippen LogP contribution in [0.1, 0.15) is 70.5 Å². The number of rotatable bonds is 8. The summed E-state index contributed by atoms with van der Waals surface area (Å²) < 4.78 is 6.15. The second kappa shape index (κ2) is 7.80. The Kier molecular flexibility index (Phi) is 6.70. The van der Waals surface area contributed by atoms with Crippen LogP contribution in [0.25, 0.3) is 0 Å². The molecule has 1 aromatic carbocycles. The molecule has 0 bridgehead atoms. The minimum Gasteiger partial charge on any atom is -0.373 e. The van der Waals surface area contributed by atoms with E-state index in [4.69, 9.17) is 4.74 Å². The van der Waals surface area contributed by atoms with E-state index in [2.05, 4.69) is 64.2 Å². The highest BCUT2D eigenvalue weighted by atomic mass is 16.5. The fourth-order valence-electron chi connectivity index (χ4n) is 3.04. The van der Waals surface area contributed by atoms with E-state index in [0.29, 0.717) is 5.92 Å². The molecule has 20 heavy (non-hydrogen) atoms. The van der Waals surface area contributed by atoms with Crippen molar-refractivity contribution in [2.45, 2.75) is 65.0 Å². The Balaban J connectivity index is 3.09. The summed E-state index contributed by atoms with van der Waals surface area (Å²) in [5, 5.41) is 3.47. The summed E-state index contributed by atoms with van der Waals surface area (Å²) in [5.41, 5.74) is 2.58. The minimum absolute atomic E-state index is 0.122. The molecule has 0 heterocycles. The molecule has 1 N–H and O–H groups in total. The molecule has 114 valence electrons. The maximum absolute atomic E-state index is 6.15. The van der Waals surface area contributed by atoms with Crippen LogP contribution in [0.5, 0.6) is 0 Å². The number of likely N-dealkylation sites (N-methyl/N-ethyl adjacent to an activating group) is 1. The highest BCUT2D eigenvalue weighted by Crippen LogP contribution is 2.35. The first-order valence-electron chi connectivity index (χ1n) is 7.95. The van der Waals surface area contributed by atoms with Gasteiger partial charge in [0.1, 0.15) is 0 Å². The topological polar surface area (TPSA) is 21.3 Å². The Morgan fingerprint density at radius 2 is 1.50 bits per heavy atom. The zero-order valence-corrected chi connectivity index (χ0v) is 14.0. The lowest BCUT2D eigenvalue weighted by molar-refractivity contribution is -0.0717. The predicted molar refractivity (Wildman–Crippen MR) is 87.3 cm³/mol. The Labute approximate surface area is 124 Å². The van der Waals surface area contributed by atoms with E-state index >= 15 is 0 Å². The molecule has 0 saturated heterocycles. The lowest BCUT2D eigenvalue weighted by atomic mass is 9.83. The van der Waals surface area contributed by atoms with Gasteiger partial charge in [0.05, 0.1) is 11.6 Å². The van der Waals surface area contributed by atoms with Crippen LogP contribution in [0.15, 0.2) is 24.3 Å². The van der Waals surface area contributed by atoms with E-state index in [1.54, 1.807) is 0 Å². The van der Waals surface area contributed by atoms with Crippen LogP contribution in [0.2, 0.25) is 0 Å². The van der Waals surface area contributed by atoms with Crippen LogP contribution in [0, 0.1) is 0 Å². The van der Waals surface area contributed by atoms with Gasteiger partial charge in [-0.2, -0.15) is 0 Å². The van der Waals surface area contributed by atoms with Crippen molar-refractivity contribution in [3.63, 3.8) is 0 Å². The largest absolute Gasteiger partial charge is 0.373 e. The molecule has 0 spiro atoms. The smallest absolute Gasteiger partial charge is 0.0870 e. The van der Waals surface area contributed by atoms with Crippen LogP contribution in [0.4, 0.5) is 0 Å². The number of hydrogen-bond acceptors (Lipinski definition) is 2. The highest BCUT2D eigenvalue weighted by molar-refractivity contribution is 5.28. The molecule has 0 aliphatic carbocycles. The Morgan fingerprint density at radius 3 is 1.85 bits per heavy atom. The Hall–Kier alpha value is -0.860. The SMILES string of the molecule is CCOC(CC)(CC)C(NC)c1ccc(C(C)C)cc1. The average molecular weight is 277 g/mol. The molecule has 2 nitrogen and oxygen atoms in total. The first-order chi connectivity index (χ1) is 9.54. The van der Waals surface area contributed by atoms with Crippen molar-refractivity contribution < 1.29 is 4.74 Å². The first kappa shape index (κ1) is 17.2. The second-order valence-electron chi connectivity index (χ2n) is 5.75. The fraction of sp³-hybridized carbons (Fsp3) is 0.667. The molecule has 0 fully saturated rings. The molecular formula is C18H31NO. The van der Waals surface area contributed by atoms with Gasteiger partial charge in [0.25, 0.3) is 0 Å². The summed E-state index contributed by atoms with van der Waals surface area (Å²) in [7, 11) is 2.03. The van der Waals surface area contributed by atoms with Gasteiger partial charge in [-0.15, -0.1) is 0 Å². The molecule has 0 aromatic heterocycles. The number of hydrogen-bond donors (Lipinski definition) is 1. The van der Waals surface area contributed by atoms with Crippen LogP contribution in [0.3, 0.4) is 0 Å². The zero-order valence-electron chi connectivity index (χ0n) is 14.0. The van der Waals surface area contributed by atoms with Crippen LogP contribution < -0.4 is 5.32 Å². The molecule has 0 aliphatic rings. The third-order valence-electron chi connectivity index (χ3n) is 4.38. The Morgan fingerprint density at radius 1 is 1.00 bits per heavy atom. The number of nitrogens with one attached hydrogen (secondary N) is 1. The van der Waals surface area contributed by atoms with Crippen molar-refractivity contribution in [2.75, 3.05) is 13.7 Å². The number of benzene rings is 1. The van der Waals surface area contributed by atoms with Gasteiger partial charge in [0.15, 0.2) is 0 Å². The standard InChI is InChI=1S/C18H31NO/c1-7-18(8-2,20-9-3)17(19-6)16-12-10-15(11-13-16)14(4)5/h10-14,17,19H,7-9H2,1-6H3. The van der Waals surface area contributed by atoms with Gasteiger partial charge in [0.2, 0.25) is 0 Å². The van der Waals surface area contributed by atoms with Gasteiger partial charge in [-0.25, -0.2) is 0 Å². The van der Waals surface area contributed by atoms with Crippen molar-refractivity contribution >= 4 is 0 Å². The molecule has 1 rings (SSSR count). The molecular weight excluding hydrogens is 246 g/mol. The third-order valence-corrected chi connectivity index (χ3v) is 4.38. The van der Waals surface area contributed by atoms with Crippen LogP contribution in [-0.2, 0) is 4.74 Å². The van der Waals surface area contributed by atoms with E-state index in [9.17, 15) is 0 Å². The molecule has 0 aliphatic heterocycles. The minimum atomic E-state index is -0.122. The zero-order chi connectivity index (χ0) is 15.2. The monoisotopic (exact) mass is 277 g/mol. The maximum Gasteiger partial charge on any atom is 0.0870 e. The average Bonchev–Trinajstić information content (AvgIpc) is 2.47. The van der Waals surface area contributed by atoms with E-state index in [0.717, 1.165) is 19.4 Å². The van der Waals surface area contributed by atoms with E-state index < -0.39 is 0 Å². The quantitative estimate of drug-likeness (QED) is 0.746.